The molecular weight excluding hydrogens is 356 g/mol. The number of ether oxygens (including phenoxy) is 2. The quantitative estimate of drug-likeness (QED) is 0.829. The number of anilines is 1. The van der Waals surface area contributed by atoms with Gasteiger partial charge >= 0.3 is 0 Å². The van der Waals surface area contributed by atoms with Crippen molar-refractivity contribution < 1.29 is 19.1 Å². The van der Waals surface area contributed by atoms with Gasteiger partial charge < -0.3 is 19.7 Å². The summed E-state index contributed by atoms with van der Waals surface area (Å²) in [6.45, 7) is 4.61. The summed E-state index contributed by atoms with van der Waals surface area (Å²) < 4.78 is 10.8. The Morgan fingerprint density at radius 2 is 1.96 bits per heavy atom. The van der Waals surface area contributed by atoms with Gasteiger partial charge in [-0.05, 0) is 36.6 Å². The van der Waals surface area contributed by atoms with Crippen LogP contribution in [0, 0.1) is 0 Å². The zero-order chi connectivity index (χ0) is 20.1. The Morgan fingerprint density at radius 3 is 2.68 bits per heavy atom. The van der Waals surface area contributed by atoms with Crippen LogP contribution < -0.4 is 14.8 Å². The second-order valence-electron chi connectivity index (χ2n) is 6.73. The lowest BCUT2D eigenvalue weighted by molar-refractivity contribution is -0.132. The van der Waals surface area contributed by atoms with E-state index < -0.39 is 0 Å². The van der Waals surface area contributed by atoms with Crippen molar-refractivity contribution in [2.45, 2.75) is 32.7 Å². The third kappa shape index (κ3) is 4.27. The molecule has 28 heavy (non-hydrogen) atoms. The third-order valence-electron chi connectivity index (χ3n) is 4.94. The molecule has 1 heterocycles. The molecule has 1 unspecified atom stereocenters. The first-order valence-corrected chi connectivity index (χ1v) is 9.49. The second kappa shape index (κ2) is 8.78. The molecular formula is C22H26N2O4. The van der Waals surface area contributed by atoms with E-state index in [4.69, 9.17) is 9.47 Å². The Kier molecular flexibility index (Phi) is 6.19. The van der Waals surface area contributed by atoms with Crippen LogP contribution in [0.1, 0.15) is 37.4 Å². The van der Waals surface area contributed by atoms with E-state index in [1.165, 1.54) is 5.56 Å². The maximum atomic E-state index is 12.7. The van der Waals surface area contributed by atoms with Gasteiger partial charge in [0, 0.05) is 25.2 Å². The number of carbonyl (C=O) groups excluding carboxylic acids is 2. The Bertz CT molecular complexity index is 865. The van der Waals surface area contributed by atoms with E-state index in [0.29, 0.717) is 30.3 Å². The van der Waals surface area contributed by atoms with Crippen molar-refractivity contribution in [1.29, 1.82) is 0 Å². The van der Waals surface area contributed by atoms with Crippen LogP contribution >= 0.6 is 0 Å². The summed E-state index contributed by atoms with van der Waals surface area (Å²) in [4.78, 5) is 26.6. The molecule has 0 saturated carbocycles. The predicted molar refractivity (Wildman–Crippen MR) is 108 cm³/mol. The molecule has 1 N–H and O–H groups in total. The Balaban J connectivity index is 1.77. The summed E-state index contributed by atoms with van der Waals surface area (Å²) in [6.07, 6.45) is 1.01. The van der Waals surface area contributed by atoms with Gasteiger partial charge in [-0.15, -0.1) is 0 Å². The molecule has 6 nitrogen and oxygen atoms in total. The number of benzene rings is 2. The van der Waals surface area contributed by atoms with Crippen LogP contribution in [0.4, 0.5) is 5.69 Å². The number of methoxy groups -OCH3 is 1. The highest BCUT2D eigenvalue weighted by Crippen LogP contribution is 2.33. The fourth-order valence-corrected chi connectivity index (χ4v) is 3.66. The van der Waals surface area contributed by atoms with E-state index in [2.05, 4.69) is 11.4 Å². The van der Waals surface area contributed by atoms with E-state index >= 15 is 0 Å². The van der Waals surface area contributed by atoms with Gasteiger partial charge in [0.2, 0.25) is 11.8 Å². The average molecular weight is 382 g/mol. The molecule has 6 heteroatoms. The highest BCUT2D eigenvalue weighted by Gasteiger charge is 2.30. The SMILES string of the molecule is CCOc1ccc(NC(=O)CC2c3ccccc3CCN2C(C)=O)cc1OC. The number of rotatable bonds is 6. The van der Waals surface area contributed by atoms with Crippen LogP contribution in [0.2, 0.25) is 0 Å². The number of hydrogen-bond acceptors (Lipinski definition) is 4. The molecule has 0 aromatic heterocycles. The fraction of sp³-hybridized carbons (Fsp3) is 0.364. The smallest absolute Gasteiger partial charge is 0.226 e. The molecule has 1 aliphatic rings. The molecule has 1 aliphatic heterocycles. The fourth-order valence-electron chi connectivity index (χ4n) is 3.66. The maximum Gasteiger partial charge on any atom is 0.226 e. The highest BCUT2D eigenvalue weighted by atomic mass is 16.5. The van der Waals surface area contributed by atoms with Crippen LogP contribution in [0.5, 0.6) is 11.5 Å². The number of hydrogen-bond donors (Lipinski definition) is 1. The number of carbonyl (C=O) groups is 2. The molecule has 0 saturated heterocycles. The van der Waals surface area contributed by atoms with E-state index in [1.807, 2.05) is 25.1 Å². The molecule has 0 bridgehead atoms. The van der Waals surface area contributed by atoms with Crippen molar-refractivity contribution in [2.24, 2.45) is 0 Å². The molecule has 1 atom stereocenters. The normalized spacial score (nSPS) is 15.5. The van der Waals surface area contributed by atoms with Gasteiger partial charge in [-0.1, -0.05) is 24.3 Å². The summed E-state index contributed by atoms with van der Waals surface area (Å²) in [7, 11) is 1.56. The lowest BCUT2D eigenvalue weighted by Crippen LogP contribution is -2.40. The molecule has 148 valence electrons. The first kappa shape index (κ1) is 19.7. The lowest BCUT2D eigenvalue weighted by atomic mass is 9.90. The zero-order valence-corrected chi connectivity index (χ0v) is 16.5. The molecule has 2 aromatic rings. The summed E-state index contributed by atoms with van der Waals surface area (Å²) in [5.74, 6) is 1.02. The highest BCUT2D eigenvalue weighted by molar-refractivity contribution is 5.92. The van der Waals surface area contributed by atoms with E-state index in [9.17, 15) is 9.59 Å². The molecule has 0 spiro atoms. The monoisotopic (exact) mass is 382 g/mol. The van der Waals surface area contributed by atoms with E-state index in [-0.39, 0.29) is 24.3 Å². The number of nitrogens with zero attached hydrogens (tertiary/aromatic N) is 1. The van der Waals surface area contributed by atoms with Crippen molar-refractivity contribution in [3.8, 4) is 11.5 Å². The Hall–Kier alpha value is -3.02. The van der Waals surface area contributed by atoms with Gasteiger partial charge in [-0.2, -0.15) is 0 Å². The van der Waals surface area contributed by atoms with Crippen molar-refractivity contribution in [3.63, 3.8) is 0 Å². The van der Waals surface area contributed by atoms with E-state index in [1.54, 1.807) is 37.1 Å². The Morgan fingerprint density at radius 1 is 1.18 bits per heavy atom. The molecule has 0 aliphatic carbocycles. The number of fused-ring (bicyclic) bond motifs is 1. The Labute approximate surface area is 165 Å². The third-order valence-corrected chi connectivity index (χ3v) is 4.94. The van der Waals surface area contributed by atoms with Gasteiger partial charge in [-0.25, -0.2) is 0 Å². The summed E-state index contributed by atoms with van der Waals surface area (Å²) in [5, 5.41) is 2.91. The van der Waals surface area contributed by atoms with Crippen LogP contribution in [-0.4, -0.2) is 37.0 Å². The molecule has 2 aromatic carbocycles. The summed E-state index contributed by atoms with van der Waals surface area (Å²) >= 11 is 0. The van der Waals surface area contributed by atoms with Gasteiger partial charge in [0.1, 0.15) is 0 Å². The van der Waals surface area contributed by atoms with Crippen LogP contribution in [0.15, 0.2) is 42.5 Å². The van der Waals surface area contributed by atoms with Crippen LogP contribution in [0.3, 0.4) is 0 Å². The van der Waals surface area contributed by atoms with Crippen molar-refractivity contribution in [1.82, 2.24) is 4.90 Å². The minimum atomic E-state index is -0.257. The van der Waals surface area contributed by atoms with Gasteiger partial charge in [0.05, 0.1) is 26.2 Å². The largest absolute Gasteiger partial charge is 0.493 e. The lowest BCUT2D eigenvalue weighted by Gasteiger charge is -2.36. The maximum absolute atomic E-state index is 12.7. The summed E-state index contributed by atoms with van der Waals surface area (Å²) in [6, 6.07) is 13.0. The topological polar surface area (TPSA) is 67.9 Å². The molecule has 0 radical (unpaired) electrons. The van der Waals surface area contributed by atoms with Crippen molar-refractivity contribution in [2.75, 3.05) is 25.6 Å². The van der Waals surface area contributed by atoms with Gasteiger partial charge in [0.25, 0.3) is 0 Å². The zero-order valence-electron chi connectivity index (χ0n) is 16.5. The minimum Gasteiger partial charge on any atom is -0.493 e. The molecule has 0 fully saturated rings. The van der Waals surface area contributed by atoms with Crippen LogP contribution in [0.25, 0.3) is 0 Å². The van der Waals surface area contributed by atoms with Gasteiger partial charge in [-0.3, -0.25) is 9.59 Å². The molecule has 3 rings (SSSR count). The number of nitrogens with one attached hydrogen (secondary N) is 1. The molecule has 2 amide bonds. The van der Waals surface area contributed by atoms with Crippen molar-refractivity contribution in [3.05, 3.63) is 53.6 Å². The minimum absolute atomic E-state index is 0.0185. The van der Waals surface area contributed by atoms with Gasteiger partial charge in [0.15, 0.2) is 11.5 Å². The van der Waals surface area contributed by atoms with E-state index in [0.717, 1.165) is 12.0 Å². The first-order chi connectivity index (χ1) is 13.5. The number of amides is 2. The second-order valence-corrected chi connectivity index (χ2v) is 6.73. The predicted octanol–water partition coefficient (Wildman–Crippen LogP) is 3.57. The van der Waals surface area contributed by atoms with Crippen molar-refractivity contribution >= 4 is 17.5 Å². The average Bonchev–Trinajstić information content (AvgIpc) is 2.69. The first-order valence-electron chi connectivity index (χ1n) is 9.49. The summed E-state index contributed by atoms with van der Waals surface area (Å²) in [5.41, 5.74) is 2.87. The standard InChI is InChI=1S/C22H26N2O4/c1-4-28-20-10-9-17(13-21(20)27-3)23-22(26)14-19-18-8-6-5-7-16(18)11-12-24(19)15(2)25/h5-10,13,19H,4,11-12,14H2,1-3H3,(H,23,26). The van der Waals surface area contributed by atoms with Crippen LogP contribution in [-0.2, 0) is 16.0 Å².